The molecule has 0 heterocycles. The Kier molecular flexibility index (Phi) is 20.5. The zero-order valence-electron chi connectivity index (χ0n) is 27.4. The van der Waals surface area contributed by atoms with Crippen LogP contribution in [0, 0.1) is 23.3 Å². The normalized spacial score (nSPS) is 13.6. The second-order valence-electron chi connectivity index (χ2n) is 11.2. The molecule has 0 aliphatic rings. The van der Waals surface area contributed by atoms with Gasteiger partial charge in [0.2, 0.25) is 9.23 Å². The van der Waals surface area contributed by atoms with Gasteiger partial charge in [-0.25, -0.2) is 21.8 Å². The molecule has 0 aromatic heterocycles. The minimum Gasteiger partial charge on any atom is -0.395 e. The summed E-state index contributed by atoms with van der Waals surface area (Å²) in [5, 5.41) is 19.5. The second kappa shape index (κ2) is 23.3. The summed E-state index contributed by atoms with van der Waals surface area (Å²) >= 11 is 12.5. The van der Waals surface area contributed by atoms with Crippen molar-refractivity contribution in [1.82, 2.24) is 9.80 Å². The van der Waals surface area contributed by atoms with Gasteiger partial charge in [0.15, 0.2) is 23.3 Å². The van der Waals surface area contributed by atoms with Gasteiger partial charge in [0.1, 0.15) is 0 Å². The third-order valence-electron chi connectivity index (χ3n) is 7.79. The topological polar surface area (TPSA) is 64.0 Å². The van der Waals surface area contributed by atoms with Crippen molar-refractivity contribution in [1.29, 1.82) is 0 Å². The molecule has 0 radical (unpaired) electrons. The van der Waals surface area contributed by atoms with Crippen LogP contribution in [-0.4, -0.2) is 61.9 Å². The monoisotopic (exact) mass is 796 g/mol. The molecule has 50 heavy (non-hydrogen) atoms. The number of benzene rings is 4. The quantitative estimate of drug-likeness (QED) is 0.0757. The van der Waals surface area contributed by atoms with E-state index in [9.17, 15) is 27.8 Å². The third-order valence-corrected chi connectivity index (χ3v) is 8.58. The molecule has 0 saturated carbocycles. The summed E-state index contributed by atoms with van der Waals surface area (Å²) in [7, 11) is 7.36. The van der Waals surface area contributed by atoms with Crippen LogP contribution in [0.15, 0.2) is 97.1 Å². The molecule has 14 heteroatoms. The maximum Gasteiger partial charge on any atom is 0.211 e. The number of hydrogen-bond acceptors (Lipinski definition) is 5. The highest BCUT2D eigenvalue weighted by atomic mass is 36.0. The maximum absolute atomic E-state index is 13.4. The first-order chi connectivity index (χ1) is 23.8. The second-order valence-corrected chi connectivity index (χ2v) is 14.6. The molecule has 274 valence electrons. The Morgan fingerprint density at radius 2 is 1.10 bits per heavy atom. The summed E-state index contributed by atoms with van der Waals surface area (Å²) in [6, 6.07) is 26.4. The predicted octanol–water partition coefficient (Wildman–Crippen LogP) is 9.30. The van der Waals surface area contributed by atoms with Crippen molar-refractivity contribution < 1.29 is 32.0 Å². The van der Waals surface area contributed by atoms with Crippen molar-refractivity contribution >= 4 is 53.8 Å². The van der Waals surface area contributed by atoms with E-state index in [0.29, 0.717) is 43.2 Å². The van der Waals surface area contributed by atoms with Crippen LogP contribution in [0.3, 0.4) is 0 Å². The Morgan fingerprint density at radius 3 is 1.50 bits per heavy atom. The lowest BCUT2D eigenvalue weighted by Crippen LogP contribution is -2.39. The van der Waals surface area contributed by atoms with Gasteiger partial charge in [-0.05, 0) is 60.4 Å². The maximum atomic E-state index is 13.4. The molecule has 2 N–H and O–H groups in total. The summed E-state index contributed by atoms with van der Waals surface area (Å²) < 4.78 is 61.9. The number of aliphatic hydroxyl groups excluding tert-OH is 2. The van der Waals surface area contributed by atoms with E-state index < -0.39 is 38.6 Å². The molecule has 4 rings (SSSR count). The molecule has 0 aliphatic heterocycles. The van der Waals surface area contributed by atoms with E-state index in [-0.39, 0.29) is 24.1 Å². The highest BCUT2D eigenvalue weighted by Gasteiger charge is 2.24. The van der Waals surface area contributed by atoms with Crippen LogP contribution in [0.2, 0.25) is 0 Å². The molecule has 0 aliphatic carbocycles. The Morgan fingerprint density at radius 1 is 0.680 bits per heavy atom. The van der Waals surface area contributed by atoms with Gasteiger partial charge in [0.05, 0.1) is 18.1 Å². The van der Waals surface area contributed by atoms with Gasteiger partial charge in [-0.1, -0.05) is 72.8 Å². The summed E-state index contributed by atoms with van der Waals surface area (Å²) in [4.78, 5) is 3.91. The van der Waals surface area contributed by atoms with E-state index in [1.54, 1.807) is 6.07 Å². The summed E-state index contributed by atoms with van der Waals surface area (Å²) in [5.41, 5.74) is 3.07. The minimum absolute atomic E-state index is 0.00840. The predicted molar refractivity (Wildman–Crippen MR) is 197 cm³/mol. The van der Waals surface area contributed by atoms with Crippen LogP contribution in [-0.2, 0) is 22.3 Å². The first-order valence-corrected chi connectivity index (χ1v) is 19.2. The van der Waals surface area contributed by atoms with Crippen LogP contribution in [0.4, 0.5) is 17.6 Å². The molecule has 0 saturated heterocycles. The molecule has 0 fully saturated rings. The van der Waals surface area contributed by atoms with Crippen molar-refractivity contribution in [2.24, 2.45) is 0 Å². The summed E-state index contributed by atoms with van der Waals surface area (Å²) in [5.74, 6) is -3.04. The molecule has 4 unspecified atom stereocenters. The fourth-order valence-electron chi connectivity index (χ4n) is 5.06. The van der Waals surface area contributed by atoms with Crippen molar-refractivity contribution in [2.45, 2.75) is 50.5 Å². The Labute approximate surface area is 312 Å². The summed E-state index contributed by atoms with van der Waals surface area (Å²) in [6.07, 6.45) is -0.743. The van der Waals surface area contributed by atoms with Crippen LogP contribution in [0.25, 0.3) is 0 Å². The summed E-state index contributed by atoms with van der Waals surface area (Å²) in [6.45, 7) is 5.46. The lowest BCUT2D eigenvalue weighted by molar-refractivity contribution is 0.0431. The SMILES string of the molecule is CC(C(Cl)c1ccccc1)N(CCCl)Cc1ccc(F)c(F)c1.CC(C(O)c1ccccc1)N(CCO)Cc1ccc(F)c(F)c1.O=S(Cl)Cl. The average Bonchev–Trinajstić information content (AvgIpc) is 3.10. The average molecular weight is 799 g/mol. The van der Waals surface area contributed by atoms with Gasteiger partial charge in [-0.2, -0.15) is 0 Å². The van der Waals surface area contributed by atoms with Crippen LogP contribution in [0.1, 0.15) is 47.6 Å². The van der Waals surface area contributed by atoms with E-state index in [4.69, 9.17) is 27.4 Å². The van der Waals surface area contributed by atoms with Gasteiger partial charge in [0.25, 0.3) is 0 Å². The Bertz CT molecular complexity index is 1470. The van der Waals surface area contributed by atoms with Gasteiger partial charge in [0, 0.05) is 65.5 Å². The zero-order chi connectivity index (χ0) is 37.2. The smallest absolute Gasteiger partial charge is 0.211 e. The Balaban J connectivity index is 0.000000313. The number of rotatable bonds is 14. The molecular formula is C36H40Cl4F4N2O3S. The van der Waals surface area contributed by atoms with Crippen molar-refractivity contribution in [3.63, 3.8) is 0 Å². The van der Waals surface area contributed by atoms with Gasteiger partial charge in [-0.3, -0.25) is 9.80 Å². The zero-order valence-corrected chi connectivity index (χ0v) is 31.3. The fraction of sp³-hybridized carbons (Fsp3) is 0.333. The minimum atomic E-state index is -1.67. The standard InChI is InChI=1S/C18H19Cl2F2N.C18H21F2NO2.Cl2OS/c1-13(18(20)15-5-3-2-4-6-15)23(10-9-19)12-14-7-8-16(21)17(22)11-14;1-13(18(23)15-5-3-2-4-6-15)21(9-10-22)12-14-7-8-16(19)17(20)11-14;1-4(2)3/h2-8,11,13,18H,9-10,12H2,1H3;2-8,11,13,18,22-23H,9-10,12H2,1H3;. The van der Waals surface area contributed by atoms with E-state index >= 15 is 0 Å². The Hall–Kier alpha value is -2.25. The van der Waals surface area contributed by atoms with Crippen LogP contribution < -0.4 is 0 Å². The van der Waals surface area contributed by atoms with Gasteiger partial charge < -0.3 is 10.2 Å². The largest absolute Gasteiger partial charge is 0.395 e. The molecule has 0 spiro atoms. The molecule has 0 amide bonds. The molecule has 4 aromatic rings. The number of nitrogens with zero attached hydrogens (tertiary/aromatic N) is 2. The lowest BCUT2D eigenvalue weighted by atomic mass is 10.0. The van der Waals surface area contributed by atoms with Crippen molar-refractivity contribution in [3.05, 3.63) is 143 Å². The van der Waals surface area contributed by atoms with E-state index in [1.807, 2.05) is 79.4 Å². The fourth-order valence-corrected chi connectivity index (χ4v) is 5.59. The highest BCUT2D eigenvalue weighted by Crippen LogP contribution is 2.29. The van der Waals surface area contributed by atoms with Gasteiger partial charge in [-0.15, -0.1) is 23.2 Å². The van der Waals surface area contributed by atoms with Crippen LogP contribution in [0.5, 0.6) is 0 Å². The number of halogens is 8. The van der Waals surface area contributed by atoms with Crippen molar-refractivity contribution in [2.75, 3.05) is 25.6 Å². The molecule has 0 bridgehead atoms. The number of alkyl halides is 2. The molecule has 5 nitrogen and oxygen atoms in total. The van der Waals surface area contributed by atoms with E-state index in [1.165, 1.54) is 12.1 Å². The van der Waals surface area contributed by atoms with Crippen molar-refractivity contribution in [3.8, 4) is 0 Å². The van der Waals surface area contributed by atoms with Crippen LogP contribution >= 0.6 is 44.6 Å². The lowest BCUT2D eigenvalue weighted by Gasteiger charge is -2.32. The van der Waals surface area contributed by atoms with Gasteiger partial charge >= 0.3 is 0 Å². The molecule has 4 atom stereocenters. The first kappa shape index (κ1) is 43.9. The van der Waals surface area contributed by atoms with E-state index in [2.05, 4.69) is 26.3 Å². The number of aliphatic hydroxyl groups is 2. The third kappa shape index (κ3) is 15.2. The molecular weight excluding hydrogens is 758 g/mol. The van der Waals surface area contributed by atoms with E-state index in [0.717, 1.165) is 29.3 Å². The first-order valence-electron chi connectivity index (χ1n) is 15.5. The molecule has 4 aromatic carbocycles. The highest BCUT2D eigenvalue weighted by molar-refractivity contribution is 8.26. The number of hydrogen-bond donors (Lipinski definition) is 2.